The molecule has 1 aromatic carbocycles. The van der Waals surface area contributed by atoms with E-state index in [4.69, 9.17) is 0 Å². The smallest absolute Gasteiger partial charge is 0.0665 e. The molecule has 0 saturated heterocycles. The van der Waals surface area contributed by atoms with E-state index in [1.807, 2.05) is 6.20 Å². The van der Waals surface area contributed by atoms with Gasteiger partial charge in [0.25, 0.3) is 0 Å². The lowest BCUT2D eigenvalue weighted by Gasteiger charge is -2.09. The highest BCUT2D eigenvalue weighted by Crippen LogP contribution is 2.13. The first-order chi connectivity index (χ1) is 9.58. The summed E-state index contributed by atoms with van der Waals surface area (Å²) in [5, 5.41) is 8.00. The molecule has 1 N–H and O–H groups in total. The van der Waals surface area contributed by atoms with Crippen molar-refractivity contribution < 1.29 is 0 Å². The zero-order valence-corrected chi connectivity index (χ0v) is 13.0. The molecule has 0 bridgehead atoms. The zero-order valence-electron chi connectivity index (χ0n) is 13.0. The van der Waals surface area contributed by atoms with Gasteiger partial charge in [-0.05, 0) is 37.4 Å². The Balaban J connectivity index is 2.03. The number of aromatic nitrogens is 2. The van der Waals surface area contributed by atoms with Crippen LogP contribution in [-0.2, 0) is 13.1 Å². The van der Waals surface area contributed by atoms with Gasteiger partial charge in [-0.25, -0.2) is 0 Å². The van der Waals surface area contributed by atoms with E-state index in [1.54, 1.807) is 0 Å². The minimum absolute atomic E-state index is 0.678. The topological polar surface area (TPSA) is 29.9 Å². The summed E-state index contributed by atoms with van der Waals surface area (Å²) in [6, 6.07) is 8.49. The maximum Gasteiger partial charge on any atom is 0.0665 e. The number of hydrogen-bond donors (Lipinski definition) is 1. The van der Waals surface area contributed by atoms with Crippen LogP contribution >= 0.6 is 0 Å². The Kier molecular flexibility index (Phi) is 4.96. The summed E-state index contributed by atoms with van der Waals surface area (Å²) >= 11 is 0. The van der Waals surface area contributed by atoms with Gasteiger partial charge in [0, 0.05) is 17.8 Å². The highest BCUT2D eigenvalue weighted by molar-refractivity contribution is 5.26. The number of benzene rings is 1. The summed E-state index contributed by atoms with van der Waals surface area (Å²) in [5.41, 5.74) is 5.20. The van der Waals surface area contributed by atoms with Crippen LogP contribution in [0.3, 0.4) is 0 Å². The van der Waals surface area contributed by atoms with Crippen molar-refractivity contribution in [2.75, 3.05) is 6.54 Å². The molecule has 1 aromatic heterocycles. The monoisotopic (exact) mass is 271 g/mol. The molecular weight excluding hydrogens is 246 g/mol. The summed E-state index contributed by atoms with van der Waals surface area (Å²) in [5.74, 6) is 0.678. The Morgan fingerprint density at radius 1 is 1.15 bits per heavy atom. The molecule has 0 spiro atoms. The van der Waals surface area contributed by atoms with Gasteiger partial charge >= 0.3 is 0 Å². The van der Waals surface area contributed by atoms with E-state index in [9.17, 15) is 0 Å². The van der Waals surface area contributed by atoms with Crippen molar-refractivity contribution >= 4 is 0 Å². The molecule has 0 radical (unpaired) electrons. The molecule has 0 saturated carbocycles. The first-order valence-corrected chi connectivity index (χ1v) is 7.34. The van der Waals surface area contributed by atoms with Gasteiger partial charge in [0.2, 0.25) is 0 Å². The van der Waals surface area contributed by atoms with Gasteiger partial charge in [-0.2, -0.15) is 5.10 Å². The van der Waals surface area contributed by atoms with Crippen molar-refractivity contribution in [3.8, 4) is 0 Å². The van der Waals surface area contributed by atoms with Crippen molar-refractivity contribution in [2.45, 2.75) is 40.8 Å². The molecular formula is C17H25N3. The van der Waals surface area contributed by atoms with E-state index in [-0.39, 0.29) is 0 Å². The quantitative estimate of drug-likeness (QED) is 0.873. The first kappa shape index (κ1) is 14.8. The Labute approximate surface area is 122 Å². The number of rotatable bonds is 6. The minimum atomic E-state index is 0.678. The molecule has 0 aliphatic carbocycles. The minimum Gasteiger partial charge on any atom is -0.312 e. The van der Waals surface area contributed by atoms with Gasteiger partial charge < -0.3 is 5.32 Å². The molecule has 0 unspecified atom stereocenters. The van der Waals surface area contributed by atoms with Crippen molar-refractivity contribution in [2.24, 2.45) is 5.92 Å². The summed E-state index contributed by atoms with van der Waals surface area (Å²) in [4.78, 5) is 0. The maximum atomic E-state index is 4.53. The van der Waals surface area contributed by atoms with Gasteiger partial charge in [0.1, 0.15) is 0 Å². The van der Waals surface area contributed by atoms with Crippen LogP contribution in [0.5, 0.6) is 0 Å². The second-order valence-electron chi connectivity index (χ2n) is 5.86. The fourth-order valence-corrected chi connectivity index (χ4v) is 2.26. The van der Waals surface area contributed by atoms with Crippen molar-refractivity contribution in [1.82, 2.24) is 15.1 Å². The maximum absolute atomic E-state index is 4.53. The highest BCUT2D eigenvalue weighted by Gasteiger charge is 2.07. The fraction of sp³-hybridized carbons (Fsp3) is 0.471. The molecule has 3 heteroatoms. The standard InChI is InChI=1S/C17H25N3/c1-13(2)9-18-10-17-11-19-20(15(17)4)12-16-8-6-5-7-14(16)3/h5-8,11,13,18H,9-10,12H2,1-4H3. The lowest BCUT2D eigenvalue weighted by Crippen LogP contribution is -2.19. The Morgan fingerprint density at radius 2 is 1.90 bits per heavy atom. The lowest BCUT2D eigenvalue weighted by molar-refractivity contribution is 0.550. The molecule has 20 heavy (non-hydrogen) atoms. The van der Waals surface area contributed by atoms with E-state index in [0.29, 0.717) is 5.92 Å². The third-order valence-electron chi connectivity index (χ3n) is 3.65. The van der Waals surface area contributed by atoms with Crippen molar-refractivity contribution in [3.63, 3.8) is 0 Å². The van der Waals surface area contributed by atoms with Crippen LogP contribution in [0.2, 0.25) is 0 Å². The Bertz CT molecular complexity index is 555. The van der Waals surface area contributed by atoms with E-state index in [0.717, 1.165) is 19.6 Å². The average Bonchev–Trinajstić information content (AvgIpc) is 2.74. The second-order valence-corrected chi connectivity index (χ2v) is 5.86. The summed E-state index contributed by atoms with van der Waals surface area (Å²) < 4.78 is 2.09. The molecule has 3 nitrogen and oxygen atoms in total. The predicted octanol–water partition coefficient (Wildman–Crippen LogP) is 3.29. The van der Waals surface area contributed by atoms with Crippen LogP contribution in [0.4, 0.5) is 0 Å². The largest absolute Gasteiger partial charge is 0.312 e. The SMILES string of the molecule is Cc1ccccc1Cn1ncc(CNCC(C)C)c1C. The average molecular weight is 271 g/mol. The number of aryl methyl sites for hydroxylation is 1. The van der Waals surface area contributed by atoms with Crippen LogP contribution < -0.4 is 5.32 Å². The van der Waals surface area contributed by atoms with Crippen LogP contribution in [0.25, 0.3) is 0 Å². The van der Waals surface area contributed by atoms with Gasteiger partial charge in [-0.15, -0.1) is 0 Å². The normalized spacial score (nSPS) is 11.2. The van der Waals surface area contributed by atoms with E-state index < -0.39 is 0 Å². The molecule has 1 heterocycles. The zero-order chi connectivity index (χ0) is 14.5. The molecule has 2 aromatic rings. The van der Waals surface area contributed by atoms with Crippen LogP contribution in [-0.4, -0.2) is 16.3 Å². The number of hydrogen-bond acceptors (Lipinski definition) is 2. The molecule has 0 fully saturated rings. The summed E-state index contributed by atoms with van der Waals surface area (Å²) in [7, 11) is 0. The van der Waals surface area contributed by atoms with Gasteiger partial charge in [-0.1, -0.05) is 38.1 Å². The van der Waals surface area contributed by atoms with Gasteiger partial charge in [-0.3, -0.25) is 4.68 Å². The highest BCUT2D eigenvalue weighted by atomic mass is 15.3. The van der Waals surface area contributed by atoms with Gasteiger partial charge in [0.05, 0.1) is 12.7 Å². The van der Waals surface area contributed by atoms with Gasteiger partial charge in [0.15, 0.2) is 0 Å². The molecule has 108 valence electrons. The molecule has 2 rings (SSSR count). The molecule has 0 aliphatic rings. The first-order valence-electron chi connectivity index (χ1n) is 7.34. The third kappa shape index (κ3) is 3.70. The Hall–Kier alpha value is -1.61. The Morgan fingerprint density at radius 3 is 2.60 bits per heavy atom. The summed E-state index contributed by atoms with van der Waals surface area (Å²) in [6.07, 6.45) is 1.99. The predicted molar refractivity (Wildman–Crippen MR) is 83.8 cm³/mol. The van der Waals surface area contributed by atoms with Crippen LogP contribution in [0.1, 0.15) is 36.2 Å². The van der Waals surface area contributed by atoms with Crippen LogP contribution in [0, 0.1) is 19.8 Å². The second kappa shape index (κ2) is 6.71. The van der Waals surface area contributed by atoms with E-state index >= 15 is 0 Å². The third-order valence-corrected chi connectivity index (χ3v) is 3.65. The summed E-state index contributed by atoms with van der Waals surface area (Å²) in [6.45, 7) is 11.5. The molecule has 0 amide bonds. The van der Waals surface area contributed by atoms with E-state index in [1.165, 1.54) is 22.4 Å². The number of nitrogens with one attached hydrogen (secondary N) is 1. The molecule has 0 atom stereocenters. The number of nitrogens with zero attached hydrogens (tertiary/aromatic N) is 2. The van der Waals surface area contributed by atoms with Crippen molar-refractivity contribution in [3.05, 3.63) is 52.8 Å². The molecule has 0 aliphatic heterocycles. The van der Waals surface area contributed by atoms with Crippen molar-refractivity contribution in [1.29, 1.82) is 0 Å². The van der Waals surface area contributed by atoms with E-state index in [2.05, 4.69) is 67.1 Å². The fourth-order valence-electron chi connectivity index (χ4n) is 2.26. The van der Waals surface area contributed by atoms with Crippen LogP contribution in [0.15, 0.2) is 30.5 Å². The lowest BCUT2D eigenvalue weighted by atomic mass is 10.1.